The van der Waals surface area contributed by atoms with Gasteiger partial charge in [0.15, 0.2) is 11.6 Å². The van der Waals surface area contributed by atoms with E-state index in [9.17, 15) is 13.6 Å². The summed E-state index contributed by atoms with van der Waals surface area (Å²) in [6, 6.07) is 9.07. The number of amides is 1. The second-order valence-electron chi connectivity index (χ2n) is 9.39. The topological polar surface area (TPSA) is 53.3 Å². The lowest BCUT2D eigenvalue weighted by Gasteiger charge is -2.24. The molecule has 2 rings (SSSR count). The molecule has 0 aliphatic carbocycles. The van der Waals surface area contributed by atoms with Gasteiger partial charge in [-0.15, -0.1) is 0 Å². The van der Waals surface area contributed by atoms with Crippen LogP contribution in [0.15, 0.2) is 54.1 Å². The second kappa shape index (κ2) is 15.7. The Kier molecular flexibility index (Phi) is 13.4. The third-order valence-electron chi connectivity index (χ3n) is 5.90. The zero-order valence-electron chi connectivity index (χ0n) is 23.5. The fourth-order valence-corrected chi connectivity index (χ4v) is 3.57. The Labute approximate surface area is 225 Å². The molecule has 1 unspecified atom stereocenters. The molecule has 4 nitrogen and oxygen atoms in total. The molecule has 2 aromatic rings. The molecule has 206 valence electrons. The quantitative estimate of drug-likeness (QED) is 0.230. The Morgan fingerprint density at radius 1 is 1.21 bits per heavy atom. The van der Waals surface area contributed by atoms with Crippen LogP contribution in [0.1, 0.15) is 81.7 Å². The van der Waals surface area contributed by atoms with Crippen molar-refractivity contribution in [2.75, 3.05) is 7.05 Å². The van der Waals surface area contributed by atoms with Crippen molar-refractivity contribution in [1.82, 2.24) is 4.90 Å². The maximum atomic E-state index is 15.3. The molecule has 0 aromatic heterocycles. The van der Waals surface area contributed by atoms with Crippen LogP contribution in [0.2, 0.25) is 0 Å². The summed E-state index contributed by atoms with van der Waals surface area (Å²) in [5.74, 6) is -0.688. The maximum absolute atomic E-state index is 15.3. The van der Waals surface area contributed by atoms with E-state index < -0.39 is 12.2 Å². The summed E-state index contributed by atoms with van der Waals surface area (Å²) in [5, 5.41) is 9.10. The van der Waals surface area contributed by atoms with Gasteiger partial charge in [0.2, 0.25) is 5.91 Å². The van der Waals surface area contributed by atoms with Gasteiger partial charge in [-0.05, 0) is 68.5 Å². The van der Waals surface area contributed by atoms with Crippen molar-refractivity contribution < 1.29 is 22.7 Å². The number of likely N-dealkylation sites (N-methyl/N-ethyl adjacent to an activating group) is 1. The number of alkyl halides is 2. The fourth-order valence-electron chi connectivity index (χ4n) is 3.57. The number of hydrogen-bond acceptors (Lipinski definition) is 3. The number of rotatable bonds is 10. The van der Waals surface area contributed by atoms with Crippen molar-refractivity contribution in [2.45, 2.75) is 79.9 Å². The minimum atomic E-state index is -2.73. The average Bonchev–Trinajstić information content (AvgIpc) is 2.88. The van der Waals surface area contributed by atoms with Crippen LogP contribution < -0.4 is 4.74 Å². The highest BCUT2D eigenvalue weighted by molar-refractivity contribution is 5.93. The van der Waals surface area contributed by atoms with Gasteiger partial charge < -0.3 is 9.64 Å². The summed E-state index contributed by atoms with van der Waals surface area (Å²) >= 11 is 0. The van der Waals surface area contributed by atoms with Crippen molar-refractivity contribution in [2.24, 2.45) is 0 Å². The molecule has 0 aliphatic rings. The van der Waals surface area contributed by atoms with Crippen molar-refractivity contribution >= 4 is 5.91 Å². The minimum absolute atomic E-state index is 0.00420. The smallest absolute Gasteiger partial charge is 0.263 e. The van der Waals surface area contributed by atoms with Gasteiger partial charge in [-0.3, -0.25) is 4.79 Å². The molecule has 0 heterocycles. The average molecular weight is 529 g/mol. The van der Waals surface area contributed by atoms with Crippen molar-refractivity contribution in [3.05, 3.63) is 87.8 Å². The van der Waals surface area contributed by atoms with E-state index in [0.717, 1.165) is 12.5 Å². The van der Waals surface area contributed by atoms with E-state index in [2.05, 4.69) is 20.4 Å². The van der Waals surface area contributed by atoms with E-state index in [0.29, 0.717) is 27.8 Å². The zero-order chi connectivity index (χ0) is 29.0. The third kappa shape index (κ3) is 9.41. The summed E-state index contributed by atoms with van der Waals surface area (Å²) < 4.78 is 47.2. The maximum Gasteiger partial charge on any atom is 0.263 e. The lowest BCUT2D eigenvalue weighted by atomic mass is 10.0. The second-order valence-corrected chi connectivity index (χ2v) is 9.39. The largest absolute Gasteiger partial charge is 0.486 e. The molecule has 0 aliphatic heterocycles. The van der Waals surface area contributed by atoms with Gasteiger partial charge in [0.1, 0.15) is 6.61 Å². The Morgan fingerprint density at radius 3 is 2.39 bits per heavy atom. The van der Waals surface area contributed by atoms with Crippen LogP contribution in [0, 0.1) is 24.1 Å². The predicted molar refractivity (Wildman–Crippen MR) is 147 cm³/mol. The van der Waals surface area contributed by atoms with Crippen LogP contribution in [-0.4, -0.2) is 23.9 Å². The molecule has 0 N–H and O–H groups in total. The Hall–Kier alpha value is -3.53. The summed E-state index contributed by atoms with van der Waals surface area (Å²) in [6.07, 6.45) is 1.17. The number of carbonyl (C=O) groups is 1. The first-order valence-electron chi connectivity index (χ1n) is 12.8. The predicted octanol–water partition coefficient (Wildman–Crippen LogP) is 8.24. The number of aryl methyl sites for hydroxylation is 1. The van der Waals surface area contributed by atoms with Crippen LogP contribution >= 0.6 is 0 Å². The Morgan fingerprint density at radius 2 is 1.84 bits per heavy atom. The molecule has 0 bridgehead atoms. The minimum Gasteiger partial charge on any atom is -0.486 e. The number of halogens is 3. The molecule has 0 radical (unpaired) electrons. The first kappa shape index (κ1) is 32.5. The standard InChI is InChI=1S/C28H31F3N2O2.C3H8/c1-7-20(5)33(6)28(34)19(4)10-17(2)11-23-9-8-18(3)26(25(23)29)35-16-22-12-21(15-32)13-24(14-22)27(30)31;1-3-2/h8-10,12-14,20,27H,2,7,11,16H2,1,3-6H3;3H2,1-2H3/b19-10-;. The van der Waals surface area contributed by atoms with Gasteiger partial charge in [-0.25, -0.2) is 13.2 Å². The molecule has 0 spiro atoms. The van der Waals surface area contributed by atoms with E-state index in [1.807, 2.05) is 19.9 Å². The molecule has 2 aromatic carbocycles. The SMILES string of the molecule is C=C(/C=C(/C)C(=O)N(C)C(C)CC)Cc1ccc(C)c(OCc2cc(C#N)cc(C(F)F)c2)c1F.CCC. The lowest BCUT2D eigenvalue weighted by Crippen LogP contribution is -2.35. The summed E-state index contributed by atoms with van der Waals surface area (Å²) in [5.41, 5.74) is 2.08. The van der Waals surface area contributed by atoms with Gasteiger partial charge in [0, 0.05) is 24.2 Å². The molecular formula is C31H39F3N2O2. The number of benzene rings is 2. The molecule has 7 heteroatoms. The molecule has 1 amide bonds. The van der Waals surface area contributed by atoms with Gasteiger partial charge in [-0.1, -0.05) is 57.6 Å². The monoisotopic (exact) mass is 528 g/mol. The fraction of sp³-hybridized carbons (Fsp3) is 0.419. The van der Waals surface area contributed by atoms with E-state index in [1.165, 1.54) is 18.6 Å². The van der Waals surface area contributed by atoms with Crippen molar-refractivity contribution in [3.63, 3.8) is 0 Å². The Bertz CT molecular complexity index is 1180. The van der Waals surface area contributed by atoms with Gasteiger partial charge in [0.25, 0.3) is 6.43 Å². The zero-order valence-corrected chi connectivity index (χ0v) is 23.5. The molecule has 38 heavy (non-hydrogen) atoms. The Balaban J connectivity index is 0.00000229. The van der Waals surface area contributed by atoms with Crippen LogP contribution in [0.3, 0.4) is 0 Å². The van der Waals surface area contributed by atoms with E-state index in [1.54, 1.807) is 44.0 Å². The number of hydrogen-bond donors (Lipinski definition) is 0. The summed E-state index contributed by atoms with van der Waals surface area (Å²) in [7, 11) is 1.75. The van der Waals surface area contributed by atoms with E-state index in [-0.39, 0.29) is 41.9 Å². The molecule has 1 atom stereocenters. The lowest BCUT2D eigenvalue weighted by molar-refractivity contribution is -0.127. The highest BCUT2D eigenvalue weighted by Crippen LogP contribution is 2.29. The first-order chi connectivity index (χ1) is 17.9. The first-order valence-corrected chi connectivity index (χ1v) is 12.8. The molecule has 0 saturated carbocycles. The third-order valence-corrected chi connectivity index (χ3v) is 5.90. The molecule has 0 fully saturated rings. The van der Waals surface area contributed by atoms with Crippen molar-refractivity contribution in [1.29, 1.82) is 5.26 Å². The highest BCUT2D eigenvalue weighted by atomic mass is 19.3. The summed E-state index contributed by atoms with van der Waals surface area (Å²) in [4.78, 5) is 14.2. The molecule has 0 saturated heterocycles. The van der Waals surface area contributed by atoms with Gasteiger partial charge in [0.05, 0.1) is 11.6 Å². The van der Waals surface area contributed by atoms with E-state index >= 15 is 4.39 Å². The van der Waals surface area contributed by atoms with Crippen LogP contribution in [0.5, 0.6) is 5.75 Å². The van der Waals surface area contributed by atoms with Gasteiger partial charge >= 0.3 is 0 Å². The van der Waals surface area contributed by atoms with Crippen LogP contribution in [0.25, 0.3) is 0 Å². The van der Waals surface area contributed by atoms with Crippen molar-refractivity contribution in [3.8, 4) is 11.8 Å². The normalized spacial score (nSPS) is 11.8. The number of allylic oxidation sites excluding steroid dienone is 2. The molecular weight excluding hydrogens is 489 g/mol. The van der Waals surface area contributed by atoms with Gasteiger partial charge in [-0.2, -0.15) is 5.26 Å². The van der Waals surface area contributed by atoms with Crippen LogP contribution in [-0.2, 0) is 17.8 Å². The number of ether oxygens (including phenoxy) is 1. The number of nitrogens with zero attached hydrogens (tertiary/aromatic N) is 2. The summed E-state index contributed by atoms with van der Waals surface area (Å²) in [6.45, 7) is 15.4. The number of nitriles is 1. The highest BCUT2D eigenvalue weighted by Gasteiger charge is 2.18. The van der Waals surface area contributed by atoms with Crippen LogP contribution in [0.4, 0.5) is 13.2 Å². The number of carbonyl (C=O) groups excluding carboxylic acids is 1. The van der Waals surface area contributed by atoms with E-state index in [4.69, 9.17) is 10.00 Å².